The number of aromatic nitrogens is 3. The average Bonchev–Trinajstić information content (AvgIpc) is 2.96. The summed E-state index contributed by atoms with van der Waals surface area (Å²) in [5.41, 5.74) is 0. The lowest BCUT2D eigenvalue weighted by atomic mass is 10.3. The van der Waals surface area contributed by atoms with Crippen molar-refractivity contribution in [1.29, 1.82) is 0 Å². The molecule has 98 valence electrons. The fourth-order valence-corrected chi connectivity index (χ4v) is 3.60. The quantitative estimate of drug-likeness (QED) is 0.899. The predicted octanol–water partition coefficient (Wildman–Crippen LogP) is 1.31. The molecule has 0 aliphatic carbocycles. The zero-order chi connectivity index (χ0) is 13.2. The molecule has 2 aromatic heterocycles. The van der Waals surface area contributed by atoms with Crippen LogP contribution in [-0.2, 0) is 17.1 Å². The first kappa shape index (κ1) is 13.2. The molecule has 0 amide bonds. The maximum Gasteiger partial charge on any atom is 0.260 e. The van der Waals surface area contributed by atoms with Gasteiger partial charge in [-0.25, -0.2) is 18.4 Å². The topological polar surface area (TPSA) is 76.9 Å². The van der Waals surface area contributed by atoms with Crippen LogP contribution < -0.4 is 4.72 Å². The van der Waals surface area contributed by atoms with Gasteiger partial charge in [0.25, 0.3) is 10.0 Å². The monoisotopic (exact) mass is 286 g/mol. The van der Waals surface area contributed by atoms with E-state index in [9.17, 15) is 8.42 Å². The zero-order valence-electron chi connectivity index (χ0n) is 10.1. The second-order valence-electron chi connectivity index (χ2n) is 3.83. The molecule has 2 heterocycles. The molecule has 0 aliphatic heterocycles. The van der Waals surface area contributed by atoms with E-state index in [1.165, 1.54) is 23.9 Å². The van der Waals surface area contributed by atoms with Gasteiger partial charge >= 0.3 is 0 Å². The molecule has 6 nitrogen and oxygen atoms in total. The van der Waals surface area contributed by atoms with Crippen LogP contribution in [-0.4, -0.2) is 23.0 Å². The molecule has 0 aromatic carbocycles. The number of rotatable bonds is 5. The van der Waals surface area contributed by atoms with Crippen LogP contribution >= 0.6 is 11.3 Å². The standard InChI is InChI=1S/C10H14N4O2S2/c1-3-8(10-11-4-5-17-10)13-18(15,16)9-6-14(2)7-12-9/h4-8,13H,3H2,1-2H3. The minimum absolute atomic E-state index is 0.0278. The number of nitrogens with zero attached hydrogens (tertiary/aromatic N) is 3. The Bertz CT molecular complexity index is 604. The van der Waals surface area contributed by atoms with Gasteiger partial charge in [-0.05, 0) is 6.42 Å². The maximum absolute atomic E-state index is 12.1. The molecular formula is C10H14N4O2S2. The van der Waals surface area contributed by atoms with Gasteiger partial charge in [-0.3, -0.25) is 0 Å². The Balaban J connectivity index is 2.22. The summed E-state index contributed by atoms with van der Waals surface area (Å²) >= 11 is 1.43. The Morgan fingerprint density at radius 1 is 1.50 bits per heavy atom. The summed E-state index contributed by atoms with van der Waals surface area (Å²) in [6, 6.07) is -0.308. The van der Waals surface area contributed by atoms with Crippen molar-refractivity contribution in [2.45, 2.75) is 24.4 Å². The van der Waals surface area contributed by atoms with Crippen LogP contribution in [0.2, 0.25) is 0 Å². The van der Waals surface area contributed by atoms with E-state index in [0.717, 1.165) is 5.01 Å². The van der Waals surface area contributed by atoms with Gasteiger partial charge in [-0.1, -0.05) is 6.92 Å². The van der Waals surface area contributed by atoms with Crippen molar-refractivity contribution in [3.05, 3.63) is 29.1 Å². The Morgan fingerprint density at radius 3 is 2.78 bits per heavy atom. The summed E-state index contributed by atoms with van der Waals surface area (Å²) in [5.74, 6) is 0. The first-order valence-electron chi connectivity index (χ1n) is 5.42. The van der Waals surface area contributed by atoms with Gasteiger partial charge in [-0.15, -0.1) is 11.3 Å². The van der Waals surface area contributed by atoms with E-state index in [2.05, 4.69) is 14.7 Å². The minimum atomic E-state index is -3.59. The van der Waals surface area contributed by atoms with Crippen molar-refractivity contribution < 1.29 is 8.42 Å². The molecule has 0 spiro atoms. The third-order valence-corrected chi connectivity index (χ3v) is 4.66. The summed E-state index contributed by atoms with van der Waals surface area (Å²) in [5, 5.41) is 2.62. The first-order valence-corrected chi connectivity index (χ1v) is 7.79. The van der Waals surface area contributed by atoms with Crippen molar-refractivity contribution >= 4 is 21.4 Å². The Morgan fingerprint density at radius 2 is 2.28 bits per heavy atom. The van der Waals surface area contributed by atoms with E-state index in [-0.39, 0.29) is 11.1 Å². The van der Waals surface area contributed by atoms with Crippen LogP contribution in [0.25, 0.3) is 0 Å². The highest BCUT2D eigenvalue weighted by Gasteiger charge is 2.23. The van der Waals surface area contributed by atoms with Crippen molar-refractivity contribution in [3.8, 4) is 0 Å². The third kappa shape index (κ3) is 2.77. The van der Waals surface area contributed by atoms with E-state index in [1.807, 2.05) is 12.3 Å². The summed E-state index contributed by atoms with van der Waals surface area (Å²) in [6.45, 7) is 1.91. The van der Waals surface area contributed by atoms with E-state index in [0.29, 0.717) is 6.42 Å². The van der Waals surface area contributed by atoms with Crippen molar-refractivity contribution in [1.82, 2.24) is 19.3 Å². The highest BCUT2D eigenvalue weighted by atomic mass is 32.2. The van der Waals surface area contributed by atoms with E-state index in [1.54, 1.807) is 17.8 Å². The number of imidazole rings is 1. The summed E-state index contributed by atoms with van der Waals surface area (Å²) in [7, 11) is -1.87. The molecule has 1 atom stereocenters. The number of sulfonamides is 1. The Hall–Kier alpha value is -1.25. The summed E-state index contributed by atoms with van der Waals surface area (Å²) in [4.78, 5) is 7.99. The van der Waals surface area contributed by atoms with Crippen LogP contribution in [0, 0.1) is 0 Å². The fourth-order valence-electron chi connectivity index (χ4n) is 1.49. The number of hydrogen-bond donors (Lipinski definition) is 1. The zero-order valence-corrected chi connectivity index (χ0v) is 11.7. The largest absolute Gasteiger partial charge is 0.339 e. The second-order valence-corrected chi connectivity index (χ2v) is 6.42. The van der Waals surface area contributed by atoms with E-state index in [4.69, 9.17) is 0 Å². The molecule has 1 unspecified atom stereocenters. The molecule has 0 radical (unpaired) electrons. The Kier molecular flexibility index (Phi) is 3.79. The lowest BCUT2D eigenvalue weighted by Crippen LogP contribution is -2.28. The number of nitrogens with one attached hydrogen (secondary N) is 1. The van der Waals surface area contributed by atoms with Crippen LogP contribution in [0.1, 0.15) is 24.4 Å². The second kappa shape index (κ2) is 5.17. The number of hydrogen-bond acceptors (Lipinski definition) is 5. The van der Waals surface area contributed by atoms with Crippen LogP contribution in [0.3, 0.4) is 0 Å². The molecule has 2 rings (SSSR count). The first-order chi connectivity index (χ1) is 8.53. The van der Waals surface area contributed by atoms with Gasteiger partial charge in [-0.2, -0.15) is 4.72 Å². The van der Waals surface area contributed by atoms with Gasteiger partial charge in [0.15, 0.2) is 5.03 Å². The maximum atomic E-state index is 12.1. The lowest BCUT2D eigenvalue weighted by molar-refractivity contribution is 0.546. The highest BCUT2D eigenvalue weighted by Crippen LogP contribution is 2.21. The van der Waals surface area contributed by atoms with Gasteiger partial charge in [0.1, 0.15) is 5.01 Å². The normalized spacial score (nSPS) is 13.7. The number of aryl methyl sites for hydroxylation is 1. The smallest absolute Gasteiger partial charge is 0.260 e. The molecule has 0 fully saturated rings. The molecule has 1 N–H and O–H groups in total. The highest BCUT2D eigenvalue weighted by molar-refractivity contribution is 7.89. The third-order valence-electron chi connectivity index (χ3n) is 2.41. The Labute approximate surface area is 110 Å². The van der Waals surface area contributed by atoms with Crippen molar-refractivity contribution in [2.24, 2.45) is 7.05 Å². The summed E-state index contributed by atoms with van der Waals surface area (Å²) in [6.07, 6.45) is 5.23. The minimum Gasteiger partial charge on any atom is -0.339 e. The van der Waals surface area contributed by atoms with Crippen LogP contribution in [0.15, 0.2) is 29.1 Å². The van der Waals surface area contributed by atoms with E-state index >= 15 is 0 Å². The van der Waals surface area contributed by atoms with Crippen LogP contribution in [0.4, 0.5) is 0 Å². The van der Waals surface area contributed by atoms with E-state index < -0.39 is 10.0 Å². The molecule has 2 aromatic rings. The molecule has 0 saturated carbocycles. The molecule has 0 saturated heterocycles. The van der Waals surface area contributed by atoms with Crippen LogP contribution in [0.5, 0.6) is 0 Å². The van der Waals surface area contributed by atoms with Crippen molar-refractivity contribution in [3.63, 3.8) is 0 Å². The molecule has 0 aliphatic rings. The lowest BCUT2D eigenvalue weighted by Gasteiger charge is -2.13. The van der Waals surface area contributed by atoms with Gasteiger partial charge < -0.3 is 4.57 Å². The van der Waals surface area contributed by atoms with Crippen molar-refractivity contribution in [2.75, 3.05) is 0 Å². The molecular weight excluding hydrogens is 272 g/mol. The van der Waals surface area contributed by atoms with Gasteiger partial charge in [0, 0.05) is 24.8 Å². The van der Waals surface area contributed by atoms with Gasteiger partial charge in [0.2, 0.25) is 0 Å². The molecule has 8 heteroatoms. The SMILES string of the molecule is CCC(NS(=O)(=O)c1cn(C)cn1)c1nccs1. The predicted molar refractivity (Wildman–Crippen MR) is 68.7 cm³/mol. The molecule has 0 bridgehead atoms. The fraction of sp³-hybridized carbons (Fsp3) is 0.400. The molecule has 18 heavy (non-hydrogen) atoms. The average molecular weight is 286 g/mol. The number of thiazole rings is 1. The summed E-state index contributed by atoms with van der Waals surface area (Å²) < 4.78 is 28.4. The van der Waals surface area contributed by atoms with Gasteiger partial charge in [0.05, 0.1) is 12.4 Å².